The molecule has 0 bridgehead atoms. The smallest absolute Gasteiger partial charge is 0.142 e. The number of para-hydroxylation sites is 1. The van der Waals surface area contributed by atoms with Gasteiger partial charge in [-0.2, -0.15) is 0 Å². The molecular formula is C9H7O3-. The highest BCUT2D eigenvalue weighted by molar-refractivity contribution is 5.81. The van der Waals surface area contributed by atoms with Crippen molar-refractivity contribution in [2.75, 3.05) is 0 Å². The van der Waals surface area contributed by atoms with Gasteiger partial charge in [0, 0.05) is 0 Å². The molecule has 0 fully saturated rings. The quantitative estimate of drug-likeness (QED) is 0.476. The van der Waals surface area contributed by atoms with Gasteiger partial charge in [-0.15, -0.1) is 0 Å². The second-order valence-corrected chi connectivity index (χ2v) is 2.13. The topological polar surface area (TPSA) is 49.4 Å². The summed E-state index contributed by atoms with van der Waals surface area (Å²) in [6.07, 6.45) is 0. The number of carbonyl (C=O) groups is 1. The predicted molar refractivity (Wildman–Crippen MR) is 41.2 cm³/mol. The maximum Gasteiger partial charge on any atom is 0.142 e. The summed E-state index contributed by atoms with van der Waals surface area (Å²) in [5, 5.41) is 10.2. The first-order chi connectivity index (χ1) is 5.70. The van der Waals surface area contributed by atoms with Gasteiger partial charge in [-0.05, 0) is 12.1 Å². The molecule has 1 rings (SSSR count). The third-order valence-corrected chi connectivity index (χ3v) is 1.21. The van der Waals surface area contributed by atoms with Crippen LogP contribution in [0.5, 0.6) is 5.75 Å². The number of aliphatic carboxylic acids is 1. The lowest BCUT2D eigenvalue weighted by atomic mass is 10.3. The Hall–Kier alpha value is -1.77. The Morgan fingerprint density at radius 3 is 2.42 bits per heavy atom. The van der Waals surface area contributed by atoms with Crippen LogP contribution in [0.3, 0.4) is 0 Å². The Morgan fingerprint density at radius 2 is 1.92 bits per heavy atom. The number of carboxylic acid groups (broad SMARTS) is 1. The Kier molecular flexibility index (Phi) is 2.48. The Morgan fingerprint density at radius 1 is 1.33 bits per heavy atom. The van der Waals surface area contributed by atoms with E-state index in [2.05, 4.69) is 6.58 Å². The van der Waals surface area contributed by atoms with Crippen molar-refractivity contribution in [3.05, 3.63) is 42.7 Å². The van der Waals surface area contributed by atoms with E-state index in [1.165, 1.54) is 0 Å². The van der Waals surface area contributed by atoms with Crippen LogP contribution in [-0.2, 0) is 4.79 Å². The van der Waals surface area contributed by atoms with Crippen molar-refractivity contribution in [2.45, 2.75) is 0 Å². The summed E-state index contributed by atoms with van der Waals surface area (Å²) in [6.45, 7) is 3.17. The van der Waals surface area contributed by atoms with Gasteiger partial charge in [0.1, 0.15) is 17.5 Å². The molecule has 0 aromatic heterocycles. The number of hydrogen-bond donors (Lipinski definition) is 0. The summed E-state index contributed by atoms with van der Waals surface area (Å²) in [4.78, 5) is 10.2. The highest BCUT2D eigenvalue weighted by Crippen LogP contribution is 2.10. The highest BCUT2D eigenvalue weighted by Gasteiger charge is 1.96. The lowest BCUT2D eigenvalue weighted by Crippen LogP contribution is -2.26. The number of rotatable bonds is 3. The van der Waals surface area contributed by atoms with Gasteiger partial charge in [0.05, 0.1) is 0 Å². The molecule has 0 aliphatic heterocycles. The minimum Gasteiger partial charge on any atom is -0.542 e. The molecule has 0 N–H and O–H groups in total. The maximum atomic E-state index is 10.2. The number of benzene rings is 1. The molecule has 12 heavy (non-hydrogen) atoms. The molecule has 62 valence electrons. The Balaban J connectivity index is 2.65. The van der Waals surface area contributed by atoms with Gasteiger partial charge in [-0.1, -0.05) is 24.8 Å². The fourth-order valence-corrected chi connectivity index (χ4v) is 0.672. The Bertz CT molecular complexity index is 290. The molecule has 0 unspecified atom stereocenters. The number of hydrogen-bond acceptors (Lipinski definition) is 3. The van der Waals surface area contributed by atoms with Crippen molar-refractivity contribution in [3.63, 3.8) is 0 Å². The number of carbonyl (C=O) groups excluding carboxylic acids is 1. The molecule has 0 aliphatic rings. The molecule has 1 aromatic rings. The summed E-state index contributed by atoms with van der Waals surface area (Å²) < 4.78 is 4.82. The van der Waals surface area contributed by atoms with Gasteiger partial charge in [0.25, 0.3) is 0 Å². The molecular weight excluding hydrogens is 156 g/mol. The molecule has 0 spiro atoms. The lowest BCUT2D eigenvalue weighted by molar-refractivity contribution is -0.301. The Labute approximate surface area is 69.9 Å². The van der Waals surface area contributed by atoms with E-state index in [4.69, 9.17) is 4.74 Å². The molecule has 0 aliphatic carbocycles. The normalized spacial score (nSPS) is 9.00. The highest BCUT2D eigenvalue weighted by atomic mass is 16.5. The van der Waals surface area contributed by atoms with Crippen LogP contribution in [-0.4, -0.2) is 5.97 Å². The minimum atomic E-state index is -1.40. The van der Waals surface area contributed by atoms with Crippen LogP contribution < -0.4 is 9.84 Å². The zero-order chi connectivity index (χ0) is 8.97. The van der Waals surface area contributed by atoms with Crippen molar-refractivity contribution in [3.8, 4) is 5.75 Å². The van der Waals surface area contributed by atoms with Crippen LogP contribution in [0.4, 0.5) is 0 Å². The average molecular weight is 163 g/mol. The predicted octanol–water partition coefficient (Wildman–Crippen LogP) is 0.329. The van der Waals surface area contributed by atoms with Crippen LogP contribution in [0, 0.1) is 0 Å². The number of carboxylic acids is 1. The third kappa shape index (κ3) is 2.12. The van der Waals surface area contributed by atoms with Gasteiger partial charge in [-0.3, -0.25) is 0 Å². The van der Waals surface area contributed by atoms with Crippen LogP contribution in [0.25, 0.3) is 0 Å². The van der Waals surface area contributed by atoms with Crippen molar-refractivity contribution >= 4 is 5.97 Å². The molecule has 0 heterocycles. The SMILES string of the molecule is C=C(Oc1ccccc1)C(=O)[O-]. The zero-order valence-corrected chi connectivity index (χ0v) is 6.32. The monoisotopic (exact) mass is 163 g/mol. The second-order valence-electron chi connectivity index (χ2n) is 2.13. The number of ether oxygens (including phenoxy) is 1. The first-order valence-corrected chi connectivity index (χ1v) is 3.33. The summed E-state index contributed by atoms with van der Waals surface area (Å²) in [7, 11) is 0. The van der Waals surface area contributed by atoms with Gasteiger partial charge in [-0.25, -0.2) is 0 Å². The van der Waals surface area contributed by atoms with Crippen molar-refractivity contribution < 1.29 is 14.6 Å². The van der Waals surface area contributed by atoms with E-state index in [1.807, 2.05) is 0 Å². The maximum absolute atomic E-state index is 10.2. The minimum absolute atomic E-state index is 0.388. The van der Waals surface area contributed by atoms with Crippen LogP contribution >= 0.6 is 0 Å². The summed E-state index contributed by atoms with van der Waals surface area (Å²) in [6, 6.07) is 8.53. The van der Waals surface area contributed by atoms with E-state index < -0.39 is 5.97 Å². The summed E-state index contributed by atoms with van der Waals surface area (Å²) in [5.41, 5.74) is 0. The van der Waals surface area contributed by atoms with Crippen molar-refractivity contribution in [1.82, 2.24) is 0 Å². The lowest BCUT2D eigenvalue weighted by Gasteiger charge is -2.07. The summed E-state index contributed by atoms with van der Waals surface area (Å²) >= 11 is 0. The van der Waals surface area contributed by atoms with Gasteiger partial charge >= 0.3 is 0 Å². The zero-order valence-electron chi connectivity index (χ0n) is 6.32. The average Bonchev–Trinajstić information content (AvgIpc) is 2.06. The van der Waals surface area contributed by atoms with Crippen molar-refractivity contribution in [1.29, 1.82) is 0 Å². The van der Waals surface area contributed by atoms with E-state index in [0.29, 0.717) is 5.75 Å². The third-order valence-electron chi connectivity index (χ3n) is 1.21. The molecule has 3 heteroatoms. The van der Waals surface area contributed by atoms with Gasteiger partial charge in [0.2, 0.25) is 0 Å². The van der Waals surface area contributed by atoms with E-state index in [0.717, 1.165) is 0 Å². The van der Waals surface area contributed by atoms with Gasteiger partial charge < -0.3 is 14.6 Å². The standard InChI is InChI=1S/C9H8O3/c1-7(9(10)11)12-8-5-3-2-4-6-8/h2-6H,1H2,(H,10,11)/p-1. The molecule has 0 amide bonds. The summed E-state index contributed by atoms with van der Waals surface area (Å²) in [5.74, 6) is -1.35. The fraction of sp³-hybridized carbons (Fsp3) is 0. The van der Waals surface area contributed by atoms with E-state index in [9.17, 15) is 9.90 Å². The van der Waals surface area contributed by atoms with E-state index in [-0.39, 0.29) is 5.76 Å². The first-order valence-electron chi connectivity index (χ1n) is 3.33. The molecule has 1 aromatic carbocycles. The molecule has 0 saturated heterocycles. The van der Waals surface area contributed by atoms with Crippen LogP contribution in [0.15, 0.2) is 42.7 Å². The largest absolute Gasteiger partial charge is 0.542 e. The van der Waals surface area contributed by atoms with Crippen molar-refractivity contribution in [2.24, 2.45) is 0 Å². The van der Waals surface area contributed by atoms with E-state index >= 15 is 0 Å². The van der Waals surface area contributed by atoms with E-state index in [1.54, 1.807) is 30.3 Å². The fourth-order valence-electron chi connectivity index (χ4n) is 0.672. The van der Waals surface area contributed by atoms with Crippen LogP contribution in [0.2, 0.25) is 0 Å². The first kappa shape index (κ1) is 8.33. The molecule has 0 saturated carbocycles. The van der Waals surface area contributed by atoms with Crippen LogP contribution in [0.1, 0.15) is 0 Å². The molecule has 0 atom stereocenters. The second kappa shape index (κ2) is 3.57. The van der Waals surface area contributed by atoms with Gasteiger partial charge in [0.15, 0.2) is 0 Å². The molecule has 0 radical (unpaired) electrons. The molecule has 3 nitrogen and oxygen atoms in total.